The maximum atomic E-state index is 12.4. The van der Waals surface area contributed by atoms with Crippen LogP contribution in [0, 0.1) is 0 Å². The van der Waals surface area contributed by atoms with Gasteiger partial charge in [0.1, 0.15) is 24.7 Å². The molecule has 0 heterocycles. The number of carbonyl (C=O) groups excluding carboxylic acids is 2. The Bertz CT molecular complexity index is 702. The van der Waals surface area contributed by atoms with Gasteiger partial charge >= 0.3 is 5.97 Å². The summed E-state index contributed by atoms with van der Waals surface area (Å²) in [5.41, 5.74) is 1.14. The minimum Gasteiger partial charge on any atom is -0.497 e. The van der Waals surface area contributed by atoms with Crippen LogP contribution in [0.15, 0.2) is 61.2 Å². The van der Waals surface area contributed by atoms with Crippen molar-refractivity contribution in [1.29, 1.82) is 0 Å². The van der Waals surface area contributed by atoms with Crippen LogP contribution in [-0.2, 0) is 9.53 Å². The van der Waals surface area contributed by atoms with Crippen LogP contribution in [0.3, 0.4) is 0 Å². The number of carbonyl (C=O) groups is 2. The zero-order valence-electron chi connectivity index (χ0n) is 13.4. The number of ketones is 1. The summed E-state index contributed by atoms with van der Waals surface area (Å²) < 4.78 is 15.3. The van der Waals surface area contributed by atoms with Crippen LogP contribution in [0.25, 0.3) is 0 Å². The fourth-order valence-corrected chi connectivity index (χ4v) is 1.97. The minimum atomic E-state index is -0.487. The molecule has 0 amide bonds. The van der Waals surface area contributed by atoms with Crippen molar-refractivity contribution >= 4 is 11.8 Å². The summed E-state index contributed by atoms with van der Waals surface area (Å²) in [7, 11) is 1.58. The second-order valence-electron chi connectivity index (χ2n) is 4.80. The number of hydrogen-bond donors (Lipinski definition) is 0. The molecular formula is C19H18O5. The molecule has 2 aromatic carbocycles. The van der Waals surface area contributed by atoms with Gasteiger partial charge in [0.25, 0.3) is 0 Å². The second kappa shape index (κ2) is 8.53. The third kappa shape index (κ3) is 4.71. The average Bonchev–Trinajstić information content (AvgIpc) is 2.65. The smallest absolute Gasteiger partial charge is 0.330 e. The number of hydrogen-bond acceptors (Lipinski definition) is 5. The lowest BCUT2D eigenvalue weighted by atomic mass is 10.0. The van der Waals surface area contributed by atoms with Crippen molar-refractivity contribution in [3.05, 3.63) is 72.3 Å². The van der Waals surface area contributed by atoms with Gasteiger partial charge in [-0.1, -0.05) is 6.58 Å². The predicted octanol–water partition coefficient (Wildman–Crippen LogP) is 3.03. The third-order valence-corrected chi connectivity index (χ3v) is 3.23. The van der Waals surface area contributed by atoms with E-state index in [0.29, 0.717) is 22.6 Å². The van der Waals surface area contributed by atoms with Gasteiger partial charge in [-0.3, -0.25) is 4.79 Å². The van der Waals surface area contributed by atoms with E-state index >= 15 is 0 Å². The van der Waals surface area contributed by atoms with Crippen LogP contribution in [0.4, 0.5) is 0 Å². The zero-order chi connectivity index (χ0) is 17.4. The topological polar surface area (TPSA) is 61.8 Å². The molecule has 0 spiro atoms. The Kier molecular flexibility index (Phi) is 6.14. The molecule has 0 saturated heterocycles. The zero-order valence-corrected chi connectivity index (χ0v) is 13.4. The molecule has 0 aliphatic rings. The van der Waals surface area contributed by atoms with Gasteiger partial charge in [0.15, 0.2) is 5.78 Å². The molecule has 0 aliphatic carbocycles. The molecule has 0 unspecified atom stereocenters. The van der Waals surface area contributed by atoms with Crippen LogP contribution >= 0.6 is 0 Å². The highest BCUT2D eigenvalue weighted by atomic mass is 16.6. The molecular weight excluding hydrogens is 308 g/mol. The van der Waals surface area contributed by atoms with Gasteiger partial charge in [-0.2, -0.15) is 0 Å². The van der Waals surface area contributed by atoms with Crippen molar-refractivity contribution in [3.8, 4) is 11.5 Å². The molecule has 2 aromatic rings. The number of esters is 1. The van der Waals surface area contributed by atoms with E-state index in [1.165, 1.54) is 0 Å². The lowest BCUT2D eigenvalue weighted by Crippen LogP contribution is -2.10. The lowest BCUT2D eigenvalue weighted by molar-refractivity contribution is -0.138. The van der Waals surface area contributed by atoms with Crippen LogP contribution in [-0.4, -0.2) is 32.1 Å². The van der Waals surface area contributed by atoms with E-state index in [2.05, 4.69) is 6.58 Å². The summed E-state index contributed by atoms with van der Waals surface area (Å²) in [6.07, 6.45) is 1.10. The molecule has 0 bridgehead atoms. The summed E-state index contributed by atoms with van der Waals surface area (Å²) in [4.78, 5) is 23.3. The molecule has 124 valence electrons. The first-order chi connectivity index (χ1) is 11.6. The Hall–Kier alpha value is -3.08. The Balaban J connectivity index is 1.91. The third-order valence-electron chi connectivity index (χ3n) is 3.23. The minimum absolute atomic E-state index is 0.0795. The van der Waals surface area contributed by atoms with E-state index in [9.17, 15) is 9.59 Å². The van der Waals surface area contributed by atoms with Gasteiger partial charge in [-0.25, -0.2) is 4.79 Å². The highest BCUT2D eigenvalue weighted by Crippen LogP contribution is 2.17. The van der Waals surface area contributed by atoms with E-state index in [0.717, 1.165) is 6.08 Å². The Labute approximate surface area is 140 Å². The van der Waals surface area contributed by atoms with Crippen LogP contribution in [0.5, 0.6) is 11.5 Å². The predicted molar refractivity (Wildman–Crippen MR) is 89.5 cm³/mol. The summed E-state index contributed by atoms with van der Waals surface area (Å²) in [5, 5.41) is 0. The van der Waals surface area contributed by atoms with Gasteiger partial charge < -0.3 is 14.2 Å². The summed E-state index contributed by atoms with van der Waals surface area (Å²) in [5.74, 6) is 0.728. The number of ether oxygens (including phenoxy) is 3. The van der Waals surface area contributed by atoms with E-state index < -0.39 is 5.97 Å². The maximum absolute atomic E-state index is 12.4. The highest BCUT2D eigenvalue weighted by Gasteiger charge is 2.09. The molecule has 0 aliphatic heterocycles. The summed E-state index contributed by atoms with van der Waals surface area (Å²) in [6, 6.07) is 13.7. The van der Waals surface area contributed by atoms with Crippen LogP contribution in [0.1, 0.15) is 15.9 Å². The van der Waals surface area contributed by atoms with Crippen molar-refractivity contribution in [1.82, 2.24) is 0 Å². The Morgan fingerprint density at radius 3 is 1.96 bits per heavy atom. The molecule has 0 radical (unpaired) electrons. The van der Waals surface area contributed by atoms with Crippen molar-refractivity contribution in [3.63, 3.8) is 0 Å². The second-order valence-corrected chi connectivity index (χ2v) is 4.80. The molecule has 0 N–H and O–H groups in total. The average molecular weight is 326 g/mol. The van der Waals surface area contributed by atoms with Gasteiger partial charge in [-0.05, 0) is 48.5 Å². The molecule has 2 rings (SSSR count). The fourth-order valence-electron chi connectivity index (χ4n) is 1.97. The lowest BCUT2D eigenvalue weighted by Gasteiger charge is -2.07. The summed E-state index contributed by atoms with van der Waals surface area (Å²) in [6.45, 7) is 3.67. The first kappa shape index (κ1) is 17.3. The van der Waals surface area contributed by atoms with Crippen molar-refractivity contribution in [2.75, 3.05) is 20.3 Å². The van der Waals surface area contributed by atoms with E-state index in [1.807, 2.05) is 0 Å². The number of benzene rings is 2. The molecule has 0 atom stereocenters. The van der Waals surface area contributed by atoms with E-state index in [4.69, 9.17) is 14.2 Å². The highest BCUT2D eigenvalue weighted by molar-refractivity contribution is 6.09. The summed E-state index contributed by atoms with van der Waals surface area (Å²) >= 11 is 0. The maximum Gasteiger partial charge on any atom is 0.330 e. The molecule has 5 heteroatoms. The molecule has 0 aromatic heterocycles. The Morgan fingerprint density at radius 1 is 0.917 bits per heavy atom. The van der Waals surface area contributed by atoms with Gasteiger partial charge in [0.2, 0.25) is 0 Å². The monoisotopic (exact) mass is 326 g/mol. The molecule has 0 saturated carbocycles. The van der Waals surface area contributed by atoms with Gasteiger partial charge in [0, 0.05) is 17.2 Å². The first-order valence-corrected chi connectivity index (χ1v) is 7.35. The fraction of sp³-hybridized carbons (Fsp3) is 0.158. The molecule has 5 nitrogen and oxygen atoms in total. The van der Waals surface area contributed by atoms with Gasteiger partial charge in [0.05, 0.1) is 7.11 Å². The van der Waals surface area contributed by atoms with Crippen molar-refractivity contribution in [2.45, 2.75) is 0 Å². The van der Waals surface area contributed by atoms with E-state index in [1.54, 1.807) is 55.6 Å². The first-order valence-electron chi connectivity index (χ1n) is 7.35. The van der Waals surface area contributed by atoms with Crippen LogP contribution in [0.2, 0.25) is 0 Å². The normalized spacial score (nSPS) is 9.88. The van der Waals surface area contributed by atoms with Crippen molar-refractivity contribution in [2.24, 2.45) is 0 Å². The number of methoxy groups -OCH3 is 1. The molecule has 0 fully saturated rings. The van der Waals surface area contributed by atoms with E-state index in [-0.39, 0.29) is 19.0 Å². The quantitative estimate of drug-likeness (QED) is 0.323. The number of rotatable bonds is 8. The SMILES string of the molecule is C=CC(=O)OCCOc1ccc(C(=O)c2ccc(OC)cc2)cc1. The molecule has 24 heavy (non-hydrogen) atoms. The largest absolute Gasteiger partial charge is 0.497 e. The van der Waals surface area contributed by atoms with Gasteiger partial charge in [-0.15, -0.1) is 0 Å². The Morgan fingerprint density at radius 2 is 1.46 bits per heavy atom. The van der Waals surface area contributed by atoms with Crippen molar-refractivity contribution < 1.29 is 23.8 Å². The van der Waals surface area contributed by atoms with Crippen LogP contribution < -0.4 is 9.47 Å². The standard InChI is InChI=1S/C19H18O5/c1-3-18(20)24-13-12-23-17-10-6-15(7-11-17)19(21)14-4-8-16(22-2)9-5-14/h3-11H,1,12-13H2,2H3.